The van der Waals surface area contributed by atoms with Gasteiger partial charge in [-0.2, -0.15) is 0 Å². The van der Waals surface area contributed by atoms with Crippen molar-refractivity contribution in [2.24, 2.45) is 5.92 Å². The van der Waals surface area contributed by atoms with E-state index in [0.29, 0.717) is 16.1 Å². The Kier molecular flexibility index (Phi) is 4.35. The van der Waals surface area contributed by atoms with Crippen molar-refractivity contribution < 1.29 is 4.79 Å². The number of carbonyl (C=O) groups is 1. The highest BCUT2D eigenvalue weighted by molar-refractivity contribution is 9.10. The molecule has 1 aliphatic rings. The first-order chi connectivity index (χ1) is 8.58. The van der Waals surface area contributed by atoms with Gasteiger partial charge in [-0.05, 0) is 54.0 Å². The third-order valence-corrected chi connectivity index (χ3v) is 4.06. The highest BCUT2D eigenvalue weighted by Gasteiger charge is 2.26. The van der Waals surface area contributed by atoms with Gasteiger partial charge in [0.2, 0.25) is 0 Å². The molecule has 0 radical (unpaired) electrons. The van der Waals surface area contributed by atoms with Crippen LogP contribution in [-0.2, 0) is 0 Å². The van der Waals surface area contributed by atoms with Crippen molar-refractivity contribution in [1.82, 2.24) is 15.2 Å². The van der Waals surface area contributed by atoms with Crippen LogP contribution in [-0.4, -0.2) is 42.0 Å². The molecule has 2 rings (SSSR count). The monoisotopic (exact) mass is 311 g/mol. The predicted octanol–water partition coefficient (Wildman–Crippen LogP) is 1.91. The van der Waals surface area contributed by atoms with Crippen LogP contribution in [0.1, 0.15) is 23.7 Å². The van der Waals surface area contributed by atoms with Crippen LogP contribution in [0.2, 0.25) is 0 Å². The fourth-order valence-electron chi connectivity index (χ4n) is 2.37. The quantitative estimate of drug-likeness (QED) is 0.849. The minimum atomic E-state index is -0.0450. The fraction of sp³-hybridized carbons (Fsp3) is 0.538. The fourth-order valence-corrected chi connectivity index (χ4v) is 2.80. The Morgan fingerprint density at radius 3 is 3.06 bits per heavy atom. The molecule has 0 aromatic carbocycles. The third-order valence-electron chi connectivity index (χ3n) is 3.43. The maximum Gasteiger partial charge on any atom is 0.254 e. The number of nitrogens with zero attached hydrogens (tertiary/aromatic N) is 2. The first kappa shape index (κ1) is 13.5. The van der Waals surface area contributed by atoms with Gasteiger partial charge in [-0.1, -0.05) is 6.92 Å². The molecule has 1 N–H and O–H groups in total. The second-order valence-corrected chi connectivity index (χ2v) is 5.70. The van der Waals surface area contributed by atoms with Crippen LogP contribution in [0, 0.1) is 5.92 Å². The minimum absolute atomic E-state index is 0.0450. The number of aromatic nitrogens is 1. The van der Waals surface area contributed by atoms with Crippen molar-refractivity contribution in [3.63, 3.8) is 0 Å². The van der Waals surface area contributed by atoms with E-state index in [9.17, 15) is 4.79 Å². The second kappa shape index (κ2) is 5.80. The molecule has 0 aliphatic carbocycles. The van der Waals surface area contributed by atoms with Gasteiger partial charge in [0.25, 0.3) is 5.91 Å². The van der Waals surface area contributed by atoms with Gasteiger partial charge < -0.3 is 10.2 Å². The maximum atomic E-state index is 12.2. The summed E-state index contributed by atoms with van der Waals surface area (Å²) in [6.07, 6.45) is 2.67. The number of hydrogen-bond acceptors (Lipinski definition) is 3. The van der Waals surface area contributed by atoms with E-state index in [-0.39, 0.29) is 11.9 Å². The second-order valence-electron chi connectivity index (χ2n) is 4.95. The summed E-state index contributed by atoms with van der Waals surface area (Å²) in [5.74, 6) is 0.430. The molecule has 2 heterocycles. The summed E-state index contributed by atoms with van der Waals surface area (Å²) in [6, 6.07) is 3.81. The van der Waals surface area contributed by atoms with Crippen LogP contribution in [0.15, 0.2) is 22.9 Å². The zero-order chi connectivity index (χ0) is 13.1. The molecular weight excluding hydrogens is 294 g/mol. The Labute approximate surface area is 116 Å². The molecule has 0 bridgehead atoms. The van der Waals surface area contributed by atoms with Crippen molar-refractivity contribution in [3.8, 4) is 0 Å². The average Bonchev–Trinajstić information content (AvgIpc) is 2.33. The Morgan fingerprint density at radius 2 is 2.39 bits per heavy atom. The van der Waals surface area contributed by atoms with Gasteiger partial charge in [0.05, 0.1) is 5.56 Å². The molecule has 0 saturated carbocycles. The van der Waals surface area contributed by atoms with E-state index >= 15 is 0 Å². The molecule has 1 amide bonds. The van der Waals surface area contributed by atoms with E-state index in [1.807, 2.05) is 0 Å². The maximum absolute atomic E-state index is 12.2. The van der Waals surface area contributed by atoms with E-state index in [1.165, 1.54) is 0 Å². The third kappa shape index (κ3) is 3.09. The molecular formula is C13H18BrN3O. The number of halogens is 1. The predicted molar refractivity (Wildman–Crippen MR) is 74.5 cm³/mol. The SMILES string of the molecule is CC1CN(C)CCC1NC(=O)c1cccnc1Br. The first-order valence-corrected chi connectivity index (χ1v) is 6.97. The Hall–Kier alpha value is -0.940. The summed E-state index contributed by atoms with van der Waals surface area (Å²) in [7, 11) is 2.12. The lowest BCUT2D eigenvalue weighted by atomic mass is 9.94. The lowest BCUT2D eigenvalue weighted by Gasteiger charge is -2.35. The number of hydrogen-bond donors (Lipinski definition) is 1. The summed E-state index contributed by atoms with van der Waals surface area (Å²) in [4.78, 5) is 18.5. The van der Waals surface area contributed by atoms with Gasteiger partial charge in [-0.25, -0.2) is 4.98 Å². The molecule has 1 aromatic rings. The highest BCUT2D eigenvalue weighted by Crippen LogP contribution is 2.17. The summed E-state index contributed by atoms with van der Waals surface area (Å²) in [5.41, 5.74) is 0.601. The largest absolute Gasteiger partial charge is 0.349 e. The van der Waals surface area contributed by atoms with Crippen LogP contribution in [0.5, 0.6) is 0 Å². The van der Waals surface area contributed by atoms with Crippen molar-refractivity contribution in [1.29, 1.82) is 0 Å². The standard InChI is InChI=1S/C13H18BrN3O/c1-9-8-17(2)7-5-11(9)16-13(18)10-4-3-6-15-12(10)14/h3-4,6,9,11H,5,7-8H2,1-2H3,(H,16,18). The van der Waals surface area contributed by atoms with Crippen LogP contribution in [0.4, 0.5) is 0 Å². The Morgan fingerprint density at radius 1 is 1.61 bits per heavy atom. The molecule has 4 nitrogen and oxygen atoms in total. The highest BCUT2D eigenvalue weighted by atomic mass is 79.9. The van der Waals surface area contributed by atoms with Crippen LogP contribution < -0.4 is 5.32 Å². The van der Waals surface area contributed by atoms with Gasteiger partial charge in [0.15, 0.2) is 0 Å². The molecule has 1 saturated heterocycles. The van der Waals surface area contributed by atoms with E-state index in [2.05, 4.69) is 45.1 Å². The Bertz CT molecular complexity index is 438. The normalized spacial score (nSPS) is 24.8. The van der Waals surface area contributed by atoms with Crippen molar-refractivity contribution in [2.75, 3.05) is 20.1 Å². The molecule has 2 unspecified atom stereocenters. The van der Waals surface area contributed by atoms with E-state index in [0.717, 1.165) is 19.5 Å². The van der Waals surface area contributed by atoms with Crippen LogP contribution in [0.25, 0.3) is 0 Å². The molecule has 5 heteroatoms. The molecule has 1 aliphatic heterocycles. The zero-order valence-corrected chi connectivity index (χ0v) is 12.3. The smallest absolute Gasteiger partial charge is 0.254 e. The summed E-state index contributed by atoms with van der Waals surface area (Å²) >= 11 is 3.31. The topological polar surface area (TPSA) is 45.2 Å². The van der Waals surface area contributed by atoms with Crippen molar-refractivity contribution in [3.05, 3.63) is 28.5 Å². The number of nitrogens with one attached hydrogen (secondary N) is 1. The summed E-state index contributed by atoms with van der Waals surface area (Å²) in [6.45, 7) is 4.24. The molecule has 1 aromatic heterocycles. The average molecular weight is 312 g/mol. The number of likely N-dealkylation sites (tertiary alicyclic amines) is 1. The number of pyridine rings is 1. The number of amides is 1. The summed E-state index contributed by atoms with van der Waals surface area (Å²) < 4.78 is 0.600. The van der Waals surface area contributed by atoms with E-state index in [4.69, 9.17) is 0 Å². The molecule has 2 atom stereocenters. The lowest BCUT2D eigenvalue weighted by molar-refractivity contribution is 0.0882. The van der Waals surface area contributed by atoms with Crippen molar-refractivity contribution in [2.45, 2.75) is 19.4 Å². The number of piperidine rings is 1. The summed E-state index contributed by atoms with van der Waals surface area (Å²) in [5, 5.41) is 3.11. The van der Waals surface area contributed by atoms with Crippen LogP contribution in [0.3, 0.4) is 0 Å². The molecule has 18 heavy (non-hydrogen) atoms. The van der Waals surface area contributed by atoms with Gasteiger partial charge in [-0.15, -0.1) is 0 Å². The van der Waals surface area contributed by atoms with Gasteiger partial charge in [0, 0.05) is 18.8 Å². The van der Waals surface area contributed by atoms with E-state index < -0.39 is 0 Å². The van der Waals surface area contributed by atoms with Crippen molar-refractivity contribution >= 4 is 21.8 Å². The molecule has 98 valence electrons. The van der Waals surface area contributed by atoms with Gasteiger partial charge in [-0.3, -0.25) is 4.79 Å². The lowest BCUT2D eigenvalue weighted by Crippen LogP contribution is -2.48. The molecule has 1 fully saturated rings. The van der Waals surface area contributed by atoms with Crippen LogP contribution >= 0.6 is 15.9 Å². The van der Waals surface area contributed by atoms with E-state index in [1.54, 1.807) is 18.3 Å². The number of rotatable bonds is 2. The Balaban J connectivity index is 2.02. The zero-order valence-electron chi connectivity index (χ0n) is 10.7. The van der Waals surface area contributed by atoms with Gasteiger partial charge >= 0.3 is 0 Å². The molecule has 0 spiro atoms. The number of carbonyl (C=O) groups excluding carboxylic acids is 1. The van der Waals surface area contributed by atoms with Gasteiger partial charge in [0.1, 0.15) is 4.60 Å². The first-order valence-electron chi connectivity index (χ1n) is 6.18. The minimum Gasteiger partial charge on any atom is -0.349 e.